The van der Waals surface area contributed by atoms with E-state index in [1.165, 1.54) is 11.8 Å². The van der Waals surface area contributed by atoms with Crippen LogP contribution in [0.3, 0.4) is 0 Å². The summed E-state index contributed by atoms with van der Waals surface area (Å²) < 4.78 is 4.80. The zero-order valence-corrected chi connectivity index (χ0v) is 12.3. The quantitative estimate of drug-likeness (QED) is 0.877. The number of benzene rings is 1. The van der Waals surface area contributed by atoms with Crippen molar-refractivity contribution in [1.82, 2.24) is 9.97 Å². The molecule has 2 rings (SSSR count). The number of carbonyl (C=O) groups excluding carboxylic acids is 1. The molecule has 0 radical (unpaired) electrons. The highest BCUT2D eigenvalue weighted by Crippen LogP contribution is 2.19. The highest BCUT2D eigenvalue weighted by atomic mass is 16.5. The van der Waals surface area contributed by atoms with Crippen molar-refractivity contribution in [2.24, 2.45) is 0 Å². The predicted octanol–water partition coefficient (Wildman–Crippen LogP) is 2.74. The topological polar surface area (TPSA) is 72.0 Å². The Hall–Kier alpha value is -2.43. The molecule has 0 bridgehead atoms. The van der Waals surface area contributed by atoms with Gasteiger partial charge in [0.1, 0.15) is 11.4 Å². The van der Waals surface area contributed by atoms with E-state index >= 15 is 0 Å². The van der Waals surface area contributed by atoms with Gasteiger partial charge in [0.05, 0.1) is 6.61 Å². The maximum atomic E-state index is 11.9. The molecule has 0 saturated carbocycles. The van der Waals surface area contributed by atoms with E-state index in [9.17, 15) is 9.59 Å². The number of aromatic nitrogens is 2. The number of ether oxygens (including phenoxy) is 1. The normalized spacial score (nSPS) is 10.7. The molecule has 1 aromatic heterocycles. The molecule has 2 aromatic rings. The largest absolute Gasteiger partial charge is 0.462 e. The van der Waals surface area contributed by atoms with Crippen molar-refractivity contribution in [3.05, 3.63) is 51.9 Å². The third kappa shape index (κ3) is 3.37. The highest BCUT2D eigenvalue weighted by molar-refractivity contribution is 5.88. The van der Waals surface area contributed by atoms with E-state index in [2.05, 4.69) is 23.8 Å². The standard InChI is InChI=1S/C16H18N2O3/c1-4-21-16(20)13-9-17-14(18-15(13)19)12-7-5-11(6-8-12)10(2)3/h5-10H,4H2,1-3H3,(H,17,18,19). The van der Waals surface area contributed by atoms with Crippen molar-refractivity contribution in [1.29, 1.82) is 0 Å². The molecule has 0 atom stereocenters. The van der Waals surface area contributed by atoms with Crippen LogP contribution in [0.15, 0.2) is 35.3 Å². The first-order valence-electron chi connectivity index (χ1n) is 6.89. The molecular weight excluding hydrogens is 268 g/mol. The van der Waals surface area contributed by atoms with Crippen LogP contribution in [0, 0.1) is 0 Å². The number of nitrogens with one attached hydrogen (secondary N) is 1. The number of H-pyrrole nitrogens is 1. The molecule has 0 amide bonds. The first-order valence-corrected chi connectivity index (χ1v) is 6.89. The molecule has 0 aliphatic rings. The third-order valence-corrected chi connectivity index (χ3v) is 3.15. The molecule has 0 aliphatic carbocycles. The van der Waals surface area contributed by atoms with Crippen LogP contribution in [0.2, 0.25) is 0 Å². The molecule has 110 valence electrons. The van der Waals surface area contributed by atoms with E-state index in [-0.39, 0.29) is 12.2 Å². The van der Waals surface area contributed by atoms with Crippen LogP contribution >= 0.6 is 0 Å². The van der Waals surface area contributed by atoms with Crippen LogP contribution in [0.1, 0.15) is 42.6 Å². The molecule has 0 saturated heterocycles. The Balaban J connectivity index is 2.31. The second-order valence-corrected chi connectivity index (χ2v) is 4.97. The first kappa shape index (κ1) is 15.0. The molecule has 1 heterocycles. The Labute approximate surface area is 123 Å². The van der Waals surface area contributed by atoms with Gasteiger partial charge in [-0.3, -0.25) is 4.79 Å². The van der Waals surface area contributed by atoms with Crippen LogP contribution in [0.25, 0.3) is 11.4 Å². The summed E-state index contributed by atoms with van der Waals surface area (Å²) in [7, 11) is 0. The van der Waals surface area contributed by atoms with Crippen molar-refractivity contribution >= 4 is 5.97 Å². The van der Waals surface area contributed by atoms with E-state index < -0.39 is 11.5 Å². The summed E-state index contributed by atoms with van der Waals surface area (Å²) in [5, 5.41) is 0. The molecule has 5 nitrogen and oxygen atoms in total. The third-order valence-electron chi connectivity index (χ3n) is 3.15. The van der Waals surface area contributed by atoms with E-state index in [0.717, 1.165) is 5.56 Å². The number of carbonyl (C=O) groups is 1. The molecule has 0 unspecified atom stereocenters. The lowest BCUT2D eigenvalue weighted by Crippen LogP contribution is -2.20. The molecule has 1 aromatic carbocycles. The van der Waals surface area contributed by atoms with E-state index in [1.54, 1.807) is 6.92 Å². The van der Waals surface area contributed by atoms with Gasteiger partial charge in [-0.15, -0.1) is 0 Å². The van der Waals surface area contributed by atoms with Crippen molar-refractivity contribution in [2.45, 2.75) is 26.7 Å². The Morgan fingerprint density at radius 2 is 1.95 bits per heavy atom. The van der Waals surface area contributed by atoms with Gasteiger partial charge in [-0.2, -0.15) is 0 Å². The van der Waals surface area contributed by atoms with Crippen LogP contribution in [-0.2, 0) is 4.74 Å². The first-order chi connectivity index (χ1) is 10.0. The van der Waals surface area contributed by atoms with Gasteiger partial charge in [0.2, 0.25) is 0 Å². The van der Waals surface area contributed by atoms with Crippen LogP contribution in [0.5, 0.6) is 0 Å². The van der Waals surface area contributed by atoms with Gasteiger partial charge >= 0.3 is 5.97 Å². The minimum Gasteiger partial charge on any atom is -0.462 e. The predicted molar refractivity (Wildman–Crippen MR) is 80.3 cm³/mol. The summed E-state index contributed by atoms with van der Waals surface area (Å²) in [6.45, 7) is 6.13. The Morgan fingerprint density at radius 3 is 2.48 bits per heavy atom. The second kappa shape index (κ2) is 6.35. The molecule has 1 N–H and O–H groups in total. The van der Waals surface area contributed by atoms with Gasteiger partial charge in [0.15, 0.2) is 0 Å². The van der Waals surface area contributed by atoms with E-state index in [0.29, 0.717) is 11.7 Å². The van der Waals surface area contributed by atoms with Crippen LogP contribution < -0.4 is 5.56 Å². The summed E-state index contributed by atoms with van der Waals surface area (Å²) in [5.74, 6) is 0.216. The lowest BCUT2D eigenvalue weighted by molar-refractivity contribution is 0.0524. The monoisotopic (exact) mass is 286 g/mol. The second-order valence-electron chi connectivity index (χ2n) is 4.97. The van der Waals surface area contributed by atoms with Crippen LogP contribution in [0.4, 0.5) is 0 Å². The SMILES string of the molecule is CCOC(=O)c1cnc(-c2ccc(C(C)C)cc2)[nH]c1=O. The van der Waals surface area contributed by atoms with Crippen molar-refractivity contribution in [2.75, 3.05) is 6.61 Å². The fourth-order valence-corrected chi connectivity index (χ4v) is 1.92. The lowest BCUT2D eigenvalue weighted by Gasteiger charge is -2.07. The number of rotatable bonds is 4. The van der Waals surface area contributed by atoms with Gasteiger partial charge < -0.3 is 9.72 Å². The van der Waals surface area contributed by atoms with Crippen molar-refractivity contribution < 1.29 is 9.53 Å². The smallest absolute Gasteiger partial charge is 0.345 e. The Morgan fingerprint density at radius 1 is 1.29 bits per heavy atom. The number of esters is 1. The zero-order valence-electron chi connectivity index (χ0n) is 12.3. The molecule has 21 heavy (non-hydrogen) atoms. The fourth-order valence-electron chi connectivity index (χ4n) is 1.92. The summed E-state index contributed by atoms with van der Waals surface area (Å²) in [6, 6.07) is 7.80. The van der Waals surface area contributed by atoms with Gasteiger partial charge in [0.25, 0.3) is 5.56 Å². The van der Waals surface area contributed by atoms with Gasteiger partial charge in [0, 0.05) is 11.8 Å². The average molecular weight is 286 g/mol. The molecular formula is C16H18N2O3. The molecule has 0 aliphatic heterocycles. The van der Waals surface area contributed by atoms with Crippen LogP contribution in [-0.4, -0.2) is 22.5 Å². The van der Waals surface area contributed by atoms with E-state index in [4.69, 9.17) is 4.74 Å². The number of hydrogen-bond donors (Lipinski definition) is 1. The van der Waals surface area contributed by atoms with E-state index in [1.807, 2.05) is 24.3 Å². The Bertz CT molecular complexity index is 687. The lowest BCUT2D eigenvalue weighted by atomic mass is 10.0. The summed E-state index contributed by atoms with van der Waals surface area (Å²) in [4.78, 5) is 30.2. The molecule has 0 fully saturated rings. The minimum absolute atomic E-state index is 0.0839. The van der Waals surface area contributed by atoms with Gasteiger partial charge in [-0.25, -0.2) is 9.78 Å². The van der Waals surface area contributed by atoms with Gasteiger partial charge in [-0.1, -0.05) is 38.1 Å². The maximum absolute atomic E-state index is 11.9. The average Bonchev–Trinajstić information content (AvgIpc) is 2.47. The van der Waals surface area contributed by atoms with Crippen molar-refractivity contribution in [3.8, 4) is 11.4 Å². The summed E-state index contributed by atoms with van der Waals surface area (Å²) in [6.07, 6.45) is 1.25. The molecule has 5 heteroatoms. The highest BCUT2D eigenvalue weighted by Gasteiger charge is 2.13. The Kier molecular flexibility index (Phi) is 4.52. The van der Waals surface area contributed by atoms with Gasteiger partial charge in [-0.05, 0) is 18.4 Å². The minimum atomic E-state index is -0.659. The van der Waals surface area contributed by atoms with Crippen molar-refractivity contribution in [3.63, 3.8) is 0 Å². The molecule has 0 spiro atoms. The maximum Gasteiger partial charge on any atom is 0.345 e. The number of hydrogen-bond acceptors (Lipinski definition) is 4. The number of aromatic amines is 1. The summed E-state index contributed by atoms with van der Waals surface area (Å²) in [5.41, 5.74) is 1.43. The number of nitrogens with zero attached hydrogens (tertiary/aromatic N) is 1. The fraction of sp³-hybridized carbons (Fsp3) is 0.312. The zero-order chi connectivity index (χ0) is 15.4. The summed E-state index contributed by atoms with van der Waals surface area (Å²) >= 11 is 0.